The summed E-state index contributed by atoms with van der Waals surface area (Å²) in [4.78, 5) is 0. The maximum absolute atomic E-state index is 13.8. The Bertz CT molecular complexity index is 381. The van der Waals surface area contributed by atoms with Gasteiger partial charge in [0.1, 0.15) is 0 Å². The van der Waals surface area contributed by atoms with Crippen LogP contribution in [0.2, 0.25) is 0 Å². The Labute approximate surface area is 86.7 Å². The molecule has 5 heteroatoms. The maximum Gasteiger partial charge on any atom is 0.231 e. The number of fused-ring (bicyclic) bond motifs is 1. The van der Waals surface area contributed by atoms with Gasteiger partial charge in [0.05, 0.1) is 7.11 Å². The van der Waals surface area contributed by atoms with Crippen LogP contribution in [0, 0.1) is 5.82 Å². The molecule has 0 bridgehead atoms. The van der Waals surface area contributed by atoms with Gasteiger partial charge in [0.15, 0.2) is 11.5 Å². The molecule has 2 rings (SSSR count). The molecular weight excluding hydrogens is 201 g/mol. The summed E-state index contributed by atoms with van der Waals surface area (Å²) in [6.45, 7) is 0.469. The monoisotopic (exact) mass is 213 g/mol. The third-order valence-electron chi connectivity index (χ3n) is 2.25. The van der Waals surface area contributed by atoms with E-state index in [9.17, 15) is 4.39 Å². The van der Waals surface area contributed by atoms with Gasteiger partial charge in [-0.25, -0.2) is 0 Å². The average molecular weight is 213 g/mol. The Morgan fingerprint density at radius 2 is 2.33 bits per heavy atom. The van der Waals surface area contributed by atoms with Gasteiger partial charge in [-0.05, 0) is 19.0 Å². The largest absolute Gasteiger partial charge is 0.493 e. The van der Waals surface area contributed by atoms with E-state index >= 15 is 0 Å². The van der Waals surface area contributed by atoms with Crippen LogP contribution in [0.15, 0.2) is 6.07 Å². The Morgan fingerprint density at radius 1 is 1.53 bits per heavy atom. The number of ether oxygens (including phenoxy) is 3. The number of methoxy groups -OCH3 is 1. The highest BCUT2D eigenvalue weighted by molar-refractivity contribution is 5.53. The molecule has 1 aromatic carbocycles. The Balaban J connectivity index is 2.51. The van der Waals surface area contributed by atoms with Crippen LogP contribution in [0.4, 0.5) is 4.39 Å². The second-order valence-corrected chi connectivity index (χ2v) is 3.16. The summed E-state index contributed by atoms with van der Waals surface area (Å²) in [5.41, 5.74) is 6.13. The van der Waals surface area contributed by atoms with E-state index in [0.717, 1.165) is 0 Å². The first-order valence-electron chi connectivity index (χ1n) is 4.63. The summed E-state index contributed by atoms with van der Waals surface area (Å²) in [6.07, 6.45) is 0.538. The van der Waals surface area contributed by atoms with E-state index in [1.807, 2.05) is 0 Å². The molecule has 4 nitrogen and oxygen atoms in total. The number of benzene rings is 1. The van der Waals surface area contributed by atoms with Gasteiger partial charge >= 0.3 is 0 Å². The number of rotatable bonds is 3. The van der Waals surface area contributed by atoms with Crippen LogP contribution in [-0.2, 0) is 6.42 Å². The topological polar surface area (TPSA) is 53.7 Å². The molecule has 1 aromatic rings. The normalized spacial score (nSPS) is 13.0. The quantitative estimate of drug-likeness (QED) is 0.815. The smallest absolute Gasteiger partial charge is 0.231 e. The molecule has 2 N–H and O–H groups in total. The highest BCUT2D eigenvalue weighted by Crippen LogP contribution is 2.41. The predicted octanol–water partition coefficient (Wildman–Crippen LogP) is 1.06. The van der Waals surface area contributed by atoms with E-state index in [-0.39, 0.29) is 18.3 Å². The number of halogens is 1. The summed E-state index contributed by atoms with van der Waals surface area (Å²) in [7, 11) is 1.42. The van der Waals surface area contributed by atoms with Gasteiger partial charge in [-0.2, -0.15) is 4.39 Å². The van der Waals surface area contributed by atoms with Crippen molar-refractivity contribution >= 4 is 0 Å². The van der Waals surface area contributed by atoms with Crippen molar-refractivity contribution in [2.24, 2.45) is 5.73 Å². The highest BCUT2D eigenvalue weighted by atomic mass is 19.1. The van der Waals surface area contributed by atoms with Gasteiger partial charge in [0, 0.05) is 5.56 Å². The molecule has 1 aliphatic heterocycles. The molecule has 0 fully saturated rings. The lowest BCUT2D eigenvalue weighted by atomic mass is 10.1. The molecular formula is C10H12FNO3. The summed E-state index contributed by atoms with van der Waals surface area (Å²) >= 11 is 0. The average Bonchev–Trinajstić information content (AvgIpc) is 2.67. The zero-order valence-electron chi connectivity index (χ0n) is 8.38. The molecule has 0 saturated heterocycles. The molecule has 0 spiro atoms. The fourth-order valence-corrected chi connectivity index (χ4v) is 1.60. The molecule has 1 heterocycles. The zero-order valence-corrected chi connectivity index (χ0v) is 8.38. The molecule has 0 radical (unpaired) electrons. The molecule has 0 atom stereocenters. The van der Waals surface area contributed by atoms with Crippen LogP contribution >= 0.6 is 0 Å². The number of hydrogen-bond acceptors (Lipinski definition) is 4. The van der Waals surface area contributed by atoms with Crippen molar-refractivity contribution in [2.75, 3.05) is 20.4 Å². The van der Waals surface area contributed by atoms with E-state index in [1.165, 1.54) is 7.11 Å². The summed E-state index contributed by atoms with van der Waals surface area (Å²) < 4.78 is 28.9. The second kappa shape index (κ2) is 3.94. The van der Waals surface area contributed by atoms with Gasteiger partial charge < -0.3 is 19.9 Å². The Hall–Kier alpha value is -1.49. The van der Waals surface area contributed by atoms with Crippen LogP contribution in [-0.4, -0.2) is 20.4 Å². The van der Waals surface area contributed by atoms with Crippen LogP contribution in [0.25, 0.3) is 0 Å². The van der Waals surface area contributed by atoms with Crippen LogP contribution < -0.4 is 19.9 Å². The third-order valence-corrected chi connectivity index (χ3v) is 2.25. The van der Waals surface area contributed by atoms with Crippen molar-refractivity contribution in [3.63, 3.8) is 0 Å². The number of nitrogens with two attached hydrogens (primary N) is 1. The minimum Gasteiger partial charge on any atom is -0.493 e. The molecule has 0 saturated carbocycles. The third kappa shape index (κ3) is 1.59. The van der Waals surface area contributed by atoms with Gasteiger partial charge in [0.2, 0.25) is 18.4 Å². The predicted molar refractivity (Wildman–Crippen MR) is 51.8 cm³/mol. The minimum absolute atomic E-state index is 0.0431. The molecule has 1 aliphatic rings. The van der Waals surface area contributed by atoms with E-state index in [1.54, 1.807) is 6.07 Å². The van der Waals surface area contributed by atoms with Crippen molar-refractivity contribution in [1.82, 2.24) is 0 Å². The van der Waals surface area contributed by atoms with Crippen molar-refractivity contribution in [3.8, 4) is 17.2 Å². The Kier molecular flexibility index (Phi) is 2.64. The minimum atomic E-state index is -0.518. The SMILES string of the molecule is COc1c(CCN)cc2c(c1F)OCO2. The molecule has 0 amide bonds. The fraction of sp³-hybridized carbons (Fsp3) is 0.400. The molecule has 15 heavy (non-hydrogen) atoms. The molecule has 0 aromatic heterocycles. The van der Waals surface area contributed by atoms with Crippen LogP contribution in [0.1, 0.15) is 5.56 Å². The van der Waals surface area contributed by atoms with Gasteiger partial charge in [-0.3, -0.25) is 0 Å². The first-order chi connectivity index (χ1) is 7.27. The summed E-state index contributed by atoms with van der Waals surface area (Å²) in [5.74, 6) is 0.199. The van der Waals surface area contributed by atoms with Crippen molar-refractivity contribution in [2.45, 2.75) is 6.42 Å². The van der Waals surface area contributed by atoms with E-state index in [2.05, 4.69) is 0 Å². The number of hydrogen-bond donors (Lipinski definition) is 1. The van der Waals surface area contributed by atoms with E-state index in [0.29, 0.717) is 24.3 Å². The van der Waals surface area contributed by atoms with Crippen molar-refractivity contribution in [3.05, 3.63) is 17.4 Å². The maximum atomic E-state index is 13.8. The van der Waals surface area contributed by atoms with Crippen molar-refractivity contribution < 1.29 is 18.6 Å². The molecule has 82 valence electrons. The standard InChI is InChI=1S/C10H12FNO3/c1-13-9-6(2-3-12)4-7-10(8(9)11)15-5-14-7/h4H,2-3,5,12H2,1H3. The fourth-order valence-electron chi connectivity index (χ4n) is 1.60. The lowest BCUT2D eigenvalue weighted by molar-refractivity contribution is 0.170. The van der Waals surface area contributed by atoms with Crippen LogP contribution in [0.5, 0.6) is 17.2 Å². The highest BCUT2D eigenvalue weighted by Gasteiger charge is 2.24. The first-order valence-corrected chi connectivity index (χ1v) is 4.63. The van der Waals surface area contributed by atoms with E-state index in [4.69, 9.17) is 19.9 Å². The van der Waals surface area contributed by atoms with Gasteiger partial charge in [-0.15, -0.1) is 0 Å². The van der Waals surface area contributed by atoms with E-state index < -0.39 is 5.82 Å². The zero-order chi connectivity index (χ0) is 10.8. The Morgan fingerprint density at radius 3 is 3.00 bits per heavy atom. The van der Waals surface area contributed by atoms with Gasteiger partial charge in [0.25, 0.3) is 0 Å². The first kappa shape index (κ1) is 10.0. The lowest BCUT2D eigenvalue weighted by Crippen LogP contribution is -2.05. The summed E-state index contributed by atoms with van der Waals surface area (Å²) in [5, 5.41) is 0. The molecule has 0 unspecified atom stereocenters. The second-order valence-electron chi connectivity index (χ2n) is 3.16. The van der Waals surface area contributed by atoms with Gasteiger partial charge in [-0.1, -0.05) is 0 Å². The van der Waals surface area contributed by atoms with Crippen LogP contribution in [0.3, 0.4) is 0 Å². The van der Waals surface area contributed by atoms with Crippen molar-refractivity contribution in [1.29, 1.82) is 0 Å². The summed E-state index contributed by atoms with van der Waals surface area (Å²) in [6, 6.07) is 1.71. The molecule has 0 aliphatic carbocycles. The lowest BCUT2D eigenvalue weighted by Gasteiger charge is -2.10.